The molecule has 0 saturated carbocycles. The van der Waals surface area contributed by atoms with E-state index in [1.54, 1.807) is 0 Å². The molecule has 66 valence electrons. The summed E-state index contributed by atoms with van der Waals surface area (Å²) in [6.45, 7) is 0. The van der Waals surface area contributed by atoms with Gasteiger partial charge in [0, 0.05) is 6.42 Å². The van der Waals surface area contributed by atoms with Gasteiger partial charge in [0.15, 0.2) is 9.84 Å². The first kappa shape index (κ1) is 10.7. The van der Waals surface area contributed by atoms with Crippen molar-refractivity contribution in [3.8, 4) is 0 Å². The minimum absolute atomic E-state index is 0.129. The molecule has 0 heterocycles. The molecule has 0 bridgehead atoms. The van der Waals surface area contributed by atoms with Gasteiger partial charge >= 0.3 is 5.97 Å². The Morgan fingerprint density at radius 1 is 1.45 bits per heavy atom. The average Bonchev–Trinajstić information content (AvgIpc) is 1.87. The van der Waals surface area contributed by atoms with Gasteiger partial charge in [-0.05, 0) is 6.42 Å². The van der Waals surface area contributed by atoms with E-state index in [0.29, 0.717) is 0 Å². The third-order valence-corrected chi connectivity index (χ3v) is 3.25. The van der Waals surface area contributed by atoms with Crippen LogP contribution in [0.15, 0.2) is 0 Å². The van der Waals surface area contributed by atoms with Gasteiger partial charge in [0.2, 0.25) is 0 Å². The molecule has 0 aromatic carbocycles. The summed E-state index contributed by atoms with van der Waals surface area (Å²) in [7, 11) is -3.21. The van der Waals surface area contributed by atoms with Crippen LogP contribution in [0.2, 0.25) is 0 Å². The molecular weight excluding hydrogens is 192 g/mol. The Hall–Kier alpha value is -0.290. The molecule has 11 heavy (non-hydrogen) atoms. The molecule has 0 aliphatic carbocycles. The third-order valence-electron chi connectivity index (χ3n) is 1.01. The van der Waals surface area contributed by atoms with Gasteiger partial charge in [0.25, 0.3) is 0 Å². The molecule has 0 spiro atoms. The fraction of sp³-hybridized carbons (Fsp3) is 0.800. The molecule has 1 N–H and O–H groups in total. The highest BCUT2D eigenvalue weighted by molar-refractivity contribution is 7.92. The zero-order valence-electron chi connectivity index (χ0n) is 5.79. The molecule has 0 radical (unpaired) electrons. The third kappa shape index (κ3) is 6.12. The molecule has 0 aliphatic heterocycles. The minimum atomic E-state index is -3.21. The molecule has 0 unspecified atom stereocenters. The van der Waals surface area contributed by atoms with Crippen LogP contribution >= 0.6 is 11.6 Å². The lowest BCUT2D eigenvalue weighted by Crippen LogP contribution is -2.08. The van der Waals surface area contributed by atoms with Crippen molar-refractivity contribution in [1.82, 2.24) is 0 Å². The Labute approximate surface area is 70.1 Å². The smallest absolute Gasteiger partial charge is 0.303 e. The van der Waals surface area contributed by atoms with Crippen molar-refractivity contribution >= 4 is 27.4 Å². The predicted molar refractivity (Wildman–Crippen MR) is 41.4 cm³/mol. The van der Waals surface area contributed by atoms with Gasteiger partial charge in [-0.1, -0.05) is 0 Å². The highest BCUT2D eigenvalue weighted by Crippen LogP contribution is 1.99. The summed E-state index contributed by atoms with van der Waals surface area (Å²) in [6.07, 6.45) is 0.000502. The maximum Gasteiger partial charge on any atom is 0.303 e. The molecule has 0 aromatic rings. The van der Waals surface area contributed by atoms with E-state index in [9.17, 15) is 13.2 Å². The van der Waals surface area contributed by atoms with Crippen LogP contribution in [0.5, 0.6) is 0 Å². The zero-order chi connectivity index (χ0) is 8.91. The van der Waals surface area contributed by atoms with E-state index in [1.165, 1.54) is 0 Å². The highest BCUT2D eigenvalue weighted by atomic mass is 35.5. The lowest BCUT2D eigenvalue weighted by Gasteiger charge is -1.96. The summed E-state index contributed by atoms with van der Waals surface area (Å²) < 4.78 is 21.3. The van der Waals surface area contributed by atoms with Crippen molar-refractivity contribution in [3.05, 3.63) is 0 Å². The van der Waals surface area contributed by atoms with Crippen molar-refractivity contribution in [2.24, 2.45) is 0 Å². The molecule has 4 nitrogen and oxygen atoms in total. The molecule has 0 rings (SSSR count). The van der Waals surface area contributed by atoms with Crippen molar-refractivity contribution in [3.63, 3.8) is 0 Å². The number of alkyl halides is 1. The normalized spacial score (nSPS) is 11.4. The zero-order valence-corrected chi connectivity index (χ0v) is 7.36. The Morgan fingerprint density at radius 3 is 2.36 bits per heavy atom. The minimum Gasteiger partial charge on any atom is -0.481 e. The lowest BCUT2D eigenvalue weighted by atomic mass is 10.3. The fourth-order valence-corrected chi connectivity index (χ4v) is 1.52. The van der Waals surface area contributed by atoms with Crippen LogP contribution in [0.4, 0.5) is 0 Å². The Balaban J connectivity index is 3.63. The second-order valence-electron chi connectivity index (χ2n) is 2.05. The van der Waals surface area contributed by atoms with Crippen molar-refractivity contribution < 1.29 is 18.3 Å². The van der Waals surface area contributed by atoms with Crippen LogP contribution < -0.4 is 0 Å². The van der Waals surface area contributed by atoms with E-state index < -0.39 is 21.0 Å². The summed E-state index contributed by atoms with van der Waals surface area (Å²) >= 11 is 5.07. The standard InChI is InChI=1S/C5H9ClO4S/c6-4-11(9,10)3-1-2-5(7)8/h1-4H2,(H,7,8). The number of hydrogen-bond acceptors (Lipinski definition) is 3. The summed E-state index contributed by atoms with van der Waals surface area (Å²) in [5.74, 6) is -1.14. The Bertz CT molecular complexity index is 221. The molecular formula is C5H9ClO4S. The van der Waals surface area contributed by atoms with E-state index in [0.717, 1.165) is 0 Å². The van der Waals surface area contributed by atoms with Crippen LogP contribution in [0, 0.1) is 0 Å². The monoisotopic (exact) mass is 200 g/mol. The van der Waals surface area contributed by atoms with Gasteiger partial charge in [-0.15, -0.1) is 11.6 Å². The topological polar surface area (TPSA) is 71.4 Å². The summed E-state index contributed by atoms with van der Waals surface area (Å²) in [5.41, 5.74) is 0. The van der Waals surface area contributed by atoms with Gasteiger partial charge < -0.3 is 5.11 Å². The number of halogens is 1. The number of aliphatic carboxylic acids is 1. The van der Waals surface area contributed by atoms with Crippen LogP contribution in [-0.2, 0) is 14.6 Å². The quantitative estimate of drug-likeness (QED) is 0.655. The van der Waals surface area contributed by atoms with Gasteiger partial charge in [-0.3, -0.25) is 4.79 Å². The first-order chi connectivity index (χ1) is 4.98. The molecule has 0 saturated heterocycles. The summed E-state index contributed by atoms with van der Waals surface area (Å²) in [6, 6.07) is 0. The first-order valence-electron chi connectivity index (χ1n) is 2.96. The number of sulfone groups is 1. The van der Waals surface area contributed by atoms with Crippen molar-refractivity contribution in [1.29, 1.82) is 0 Å². The molecule has 0 aromatic heterocycles. The van der Waals surface area contributed by atoms with Crippen molar-refractivity contribution in [2.45, 2.75) is 12.8 Å². The number of carbonyl (C=O) groups is 1. The largest absolute Gasteiger partial charge is 0.481 e. The second-order valence-corrected chi connectivity index (χ2v) is 4.82. The molecule has 0 atom stereocenters. The van der Waals surface area contributed by atoms with E-state index in [1.807, 2.05) is 0 Å². The maximum atomic E-state index is 10.7. The van der Waals surface area contributed by atoms with Gasteiger partial charge in [0.1, 0.15) is 5.21 Å². The Morgan fingerprint density at radius 2 is 2.00 bits per heavy atom. The maximum absolute atomic E-state index is 10.7. The second kappa shape index (κ2) is 4.56. The van der Waals surface area contributed by atoms with Gasteiger partial charge in [-0.2, -0.15) is 0 Å². The predicted octanol–water partition coefficient (Wildman–Crippen LogP) is 0.462. The number of hydrogen-bond donors (Lipinski definition) is 1. The highest BCUT2D eigenvalue weighted by Gasteiger charge is 2.08. The molecule has 0 fully saturated rings. The number of carboxylic acid groups (broad SMARTS) is 1. The number of carboxylic acids is 1. The molecule has 0 aliphatic rings. The average molecular weight is 201 g/mol. The van der Waals surface area contributed by atoms with E-state index >= 15 is 0 Å². The van der Waals surface area contributed by atoms with Crippen LogP contribution in [0.1, 0.15) is 12.8 Å². The van der Waals surface area contributed by atoms with Crippen LogP contribution in [0.25, 0.3) is 0 Å². The molecule has 6 heteroatoms. The van der Waals surface area contributed by atoms with E-state index in [-0.39, 0.29) is 18.6 Å². The van der Waals surface area contributed by atoms with Crippen molar-refractivity contribution in [2.75, 3.05) is 11.0 Å². The fourth-order valence-electron chi connectivity index (χ4n) is 0.498. The number of rotatable bonds is 5. The van der Waals surface area contributed by atoms with Gasteiger partial charge in [0.05, 0.1) is 5.75 Å². The summed E-state index contributed by atoms with van der Waals surface area (Å²) in [4.78, 5) is 9.95. The van der Waals surface area contributed by atoms with Crippen LogP contribution in [0.3, 0.4) is 0 Å². The van der Waals surface area contributed by atoms with Crippen LogP contribution in [-0.4, -0.2) is 30.5 Å². The van der Waals surface area contributed by atoms with E-state index in [4.69, 9.17) is 16.7 Å². The van der Waals surface area contributed by atoms with Gasteiger partial charge in [-0.25, -0.2) is 8.42 Å². The Kier molecular flexibility index (Phi) is 4.44. The first-order valence-corrected chi connectivity index (χ1v) is 5.32. The summed E-state index contributed by atoms with van der Waals surface area (Å²) in [5, 5.41) is 7.72. The molecule has 0 amide bonds. The lowest BCUT2D eigenvalue weighted by molar-refractivity contribution is -0.137. The van der Waals surface area contributed by atoms with E-state index in [2.05, 4.69) is 0 Å². The SMILES string of the molecule is O=C(O)CCCS(=O)(=O)CCl.